The Morgan fingerprint density at radius 3 is 1.28 bits per heavy atom. The summed E-state index contributed by atoms with van der Waals surface area (Å²) in [5, 5.41) is 32.8. The molecule has 0 aliphatic heterocycles. The van der Waals surface area contributed by atoms with E-state index in [0.717, 1.165) is 32.2 Å². The molecule has 4 aromatic carbocycles. The topological polar surface area (TPSA) is 192 Å². The second-order valence-electron chi connectivity index (χ2n) is 8.35. The maximum Gasteiger partial charge on any atom is 1.00 e. The summed E-state index contributed by atoms with van der Waals surface area (Å²) in [6.07, 6.45) is 0. The van der Waals surface area contributed by atoms with Crippen molar-refractivity contribution in [2.75, 3.05) is 34.2 Å². The summed E-state index contributed by atoms with van der Waals surface area (Å²) in [6.45, 7) is 0. The number of hydrogen-bond acceptors (Lipinski definition) is 15. The summed E-state index contributed by atoms with van der Waals surface area (Å²) in [7, 11) is 8.01. The van der Waals surface area contributed by atoms with Crippen LogP contribution in [0.1, 0.15) is 7.43 Å². The van der Waals surface area contributed by atoms with Crippen molar-refractivity contribution in [1.29, 1.82) is 0 Å². The molecule has 21 heteroatoms. The molecule has 0 bridgehead atoms. The molecular weight excluding hydrogens is 774 g/mol. The first kappa shape index (κ1) is 52.1. The summed E-state index contributed by atoms with van der Waals surface area (Å²) in [5.74, 6) is 1.92. The van der Waals surface area contributed by atoms with Gasteiger partial charge in [-0.05, 0) is 70.1 Å². The molecule has 0 radical (unpaired) electrons. The maximum atomic E-state index is 11.2. The van der Waals surface area contributed by atoms with Gasteiger partial charge >= 0.3 is 59.1 Å². The number of methoxy groups -OCH3 is 4. The molecule has 50 heavy (non-hydrogen) atoms. The zero-order valence-corrected chi connectivity index (χ0v) is 35.2. The number of nitrogens with zero attached hydrogens (tertiary/aromatic N) is 3. The molecule has 0 amide bonds. The molecule has 0 aliphatic rings. The van der Waals surface area contributed by atoms with E-state index in [1.807, 2.05) is 6.07 Å². The minimum atomic E-state index is -0.551. The van der Waals surface area contributed by atoms with Gasteiger partial charge in [-0.2, -0.15) is 0 Å². The summed E-state index contributed by atoms with van der Waals surface area (Å²) in [6, 6.07) is 18.5. The summed E-state index contributed by atoms with van der Waals surface area (Å²) in [5.41, 5.74) is 5.79. The predicted molar refractivity (Wildman–Crippen MR) is 196 cm³/mol. The monoisotopic (exact) mass is 805 g/mol. The van der Waals surface area contributed by atoms with Crippen LogP contribution >= 0.6 is 45.8 Å². The van der Waals surface area contributed by atoms with E-state index in [1.54, 1.807) is 49.6 Å². The van der Waals surface area contributed by atoms with Gasteiger partial charge in [0.1, 0.15) is 28.0 Å². The smallest absolute Gasteiger partial charge is 0.813 e. The van der Waals surface area contributed by atoms with Gasteiger partial charge in [0.2, 0.25) is 0 Å². The summed E-state index contributed by atoms with van der Waals surface area (Å²) >= 11 is 9.65. The van der Waals surface area contributed by atoms with Gasteiger partial charge in [0.05, 0.1) is 71.2 Å². The minimum absolute atomic E-state index is 0. The van der Waals surface area contributed by atoms with Crippen LogP contribution in [-0.2, 0) is 13.5 Å². The number of ether oxygens (including phenoxy) is 4. The predicted octanol–water partition coefficient (Wildman–Crippen LogP) is 2.52. The molecule has 0 aliphatic carbocycles. The maximum absolute atomic E-state index is 11.2. The summed E-state index contributed by atoms with van der Waals surface area (Å²) in [4.78, 5) is 32.6. The van der Waals surface area contributed by atoms with E-state index in [2.05, 4.69) is 12.6 Å². The zero-order chi connectivity index (χ0) is 34.4. The largest absolute Gasteiger partial charge is 1.00 e. The van der Waals surface area contributed by atoms with E-state index in [1.165, 1.54) is 45.6 Å². The number of thiol groups is 2. The Bertz CT molecular complexity index is 1650. The molecule has 4 aromatic rings. The van der Waals surface area contributed by atoms with Crippen molar-refractivity contribution in [2.45, 2.75) is 22.1 Å². The molecule has 260 valence electrons. The third-order valence-electron chi connectivity index (χ3n) is 5.53. The first-order valence-electron chi connectivity index (χ1n) is 12.4. The van der Waals surface area contributed by atoms with Gasteiger partial charge in [0.25, 0.3) is 17.1 Å². The van der Waals surface area contributed by atoms with Gasteiger partial charge in [0, 0.05) is 16.6 Å². The van der Waals surface area contributed by atoms with Gasteiger partial charge in [-0.1, -0.05) is 19.0 Å². The molecule has 0 aromatic heterocycles. The van der Waals surface area contributed by atoms with Crippen LogP contribution in [-0.4, -0.2) is 43.2 Å². The van der Waals surface area contributed by atoms with Gasteiger partial charge in [-0.3, -0.25) is 30.3 Å². The van der Waals surface area contributed by atoms with Crippen LogP contribution in [0.5, 0.6) is 23.0 Å². The Kier molecular flexibility index (Phi) is 27.7. The van der Waals surface area contributed by atoms with Crippen molar-refractivity contribution in [1.82, 2.24) is 0 Å². The number of nitro benzene ring substituents is 3. The fraction of sp³-hybridized carbons (Fsp3) is 0.172. The Labute approximate surface area is 358 Å². The molecule has 0 heterocycles. The van der Waals surface area contributed by atoms with Crippen molar-refractivity contribution < 1.29 is 92.8 Å². The van der Waals surface area contributed by atoms with Gasteiger partial charge in [-0.25, -0.2) is 0 Å². The Hall–Kier alpha value is -2.23. The van der Waals surface area contributed by atoms with Crippen LogP contribution in [0, 0.1) is 30.3 Å². The number of nitrogens with two attached hydrogens (primary N) is 1. The van der Waals surface area contributed by atoms with E-state index in [9.17, 15) is 30.3 Å². The standard InChI is InChI=1S/C14H12N2O6S2.C7H6ClNO3.C7H9NOS.CH4.2Na.H2S/c1-21-9-3-5-13(11(7-9)15(17)18)23-24-14-6-4-10(22-2)8-12(14)16(19)20;1-12-5-2-3-6(8)7(4-5)9(10)11;1-9-5-2-3-7(10)6(8)4-5;;;;/h3-8H,1-2H3;2-4H,1H3;2-4,10H,8H2,1H3;1H4;;;1H2/q;;;;2*+1;/p-1. The van der Waals surface area contributed by atoms with E-state index in [4.69, 9.17) is 36.3 Å². The van der Waals surface area contributed by atoms with Crippen molar-refractivity contribution in [3.05, 3.63) is 108 Å². The molecule has 0 unspecified atom stereocenters. The number of hydrogen-bond donors (Lipinski definition) is 2. The van der Waals surface area contributed by atoms with Crippen molar-refractivity contribution in [3.8, 4) is 23.0 Å². The second-order valence-corrected chi connectivity index (χ2v) is 11.4. The first-order chi connectivity index (χ1) is 21.8. The Morgan fingerprint density at radius 1 is 0.620 bits per heavy atom. The first-order valence-corrected chi connectivity index (χ1v) is 15.4. The van der Waals surface area contributed by atoms with Crippen LogP contribution < -0.4 is 83.8 Å². The van der Waals surface area contributed by atoms with Gasteiger partial charge in [-0.15, -0.1) is 12.6 Å². The van der Waals surface area contributed by atoms with Crippen molar-refractivity contribution in [3.63, 3.8) is 0 Å². The Balaban J connectivity index is -0.000000718. The van der Waals surface area contributed by atoms with E-state index >= 15 is 0 Å². The third-order valence-corrected chi connectivity index (χ3v) is 8.72. The quantitative estimate of drug-likeness (QED) is 0.0452. The molecule has 0 saturated carbocycles. The molecule has 0 fully saturated rings. The van der Waals surface area contributed by atoms with Gasteiger partial charge < -0.3 is 38.2 Å². The number of nitrogen functional groups attached to an aromatic ring is 1. The van der Waals surface area contributed by atoms with Crippen LogP contribution in [0.3, 0.4) is 0 Å². The van der Waals surface area contributed by atoms with E-state index in [-0.39, 0.29) is 102 Å². The van der Waals surface area contributed by atoms with Crippen LogP contribution in [0.4, 0.5) is 22.7 Å². The number of halogens is 1. The molecule has 2 N–H and O–H groups in total. The fourth-order valence-corrected chi connectivity index (χ4v) is 5.76. The van der Waals surface area contributed by atoms with Crippen LogP contribution in [0.25, 0.3) is 0 Å². The van der Waals surface area contributed by atoms with Gasteiger partial charge in [0.15, 0.2) is 0 Å². The number of nitro groups is 3. The van der Waals surface area contributed by atoms with E-state index < -0.39 is 14.8 Å². The van der Waals surface area contributed by atoms with Crippen LogP contribution in [0.15, 0.2) is 87.5 Å². The number of benzene rings is 4. The Morgan fingerprint density at radius 2 is 0.940 bits per heavy atom. The minimum Gasteiger partial charge on any atom is -0.813 e. The molecular formula is C29H32ClN4Na2O10S4+. The molecule has 0 spiro atoms. The third kappa shape index (κ3) is 16.4. The van der Waals surface area contributed by atoms with E-state index in [0.29, 0.717) is 32.7 Å². The number of anilines is 1. The molecule has 0 saturated heterocycles. The summed E-state index contributed by atoms with van der Waals surface area (Å²) < 4.78 is 19.7. The average molecular weight is 806 g/mol. The number of rotatable bonds is 10. The van der Waals surface area contributed by atoms with Crippen LogP contribution in [0.2, 0.25) is 5.02 Å². The zero-order valence-electron chi connectivity index (χ0n) is 27.0. The normalized spacial score (nSPS) is 9.08. The van der Waals surface area contributed by atoms with Crippen molar-refractivity contribution in [2.24, 2.45) is 0 Å². The second kappa shape index (κ2) is 26.5. The molecule has 0 atom stereocenters. The average Bonchev–Trinajstić information content (AvgIpc) is 3.05. The fourth-order valence-electron chi connectivity index (χ4n) is 3.18. The molecule has 4 rings (SSSR count). The van der Waals surface area contributed by atoms with Crippen molar-refractivity contribution >= 4 is 82.1 Å². The molecule has 14 nitrogen and oxygen atoms in total. The SMILES string of the molecule is C.COc1ccc(Cl)c([N+](=O)[O-])c1.COc1ccc(S)c(N)c1.COc1ccc(SSc2ccc(OC)cc2[N+](=O)[O-])c([N+](=O)[O-])c1.[Na+].[Na+].[SH-].